The van der Waals surface area contributed by atoms with Crippen LogP contribution in [0.2, 0.25) is 0 Å². The minimum Gasteiger partial charge on any atom is -0.459 e. The van der Waals surface area contributed by atoms with Crippen LogP contribution in [0, 0.1) is 12.8 Å². The Hall–Kier alpha value is -2.51. The van der Waals surface area contributed by atoms with Crippen molar-refractivity contribution in [1.29, 1.82) is 0 Å². The van der Waals surface area contributed by atoms with Gasteiger partial charge in [0.2, 0.25) is 5.91 Å². The van der Waals surface area contributed by atoms with Gasteiger partial charge in [0, 0.05) is 50.7 Å². The molecule has 1 saturated heterocycles. The number of hydrogen-bond acceptors (Lipinski definition) is 4. The van der Waals surface area contributed by atoms with Gasteiger partial charge in [-0.2, -0.15) is 0 Å². The lowest BCUT2D eigenvalue weighted by atomic mass is 9.98. The van der Waals surface area contributed by atoms with Crippen LogP contribution in [0.1, 0.15) is 62.1 Å². The van der Waals surface area contributed by atoms with Gasteiger partial charge in [0.05, 0.1) is 6.26 Å². The SMILES string of the molecule is CCC(CC)C(=O)N1CCC(NC(=NC)NCCCNC(=O)c2occc2C)CC1. The van der Waals surface area contributed by atoms with Gasteiger partial charge in [0.25, 0.3) is 5.91 Å². The zero-order valence-corrected chi connectivity index (χ0v) is 18.8. The van der Waals surface area contributed by atoms with Gasteiger partial charge in [-0.25, -0.2) is 0 Å². The lowest BCUT2D eigenvalue weighted by Gasteiger charge is -2.34. The normalized spacial score (nSPS) is 15.4. The van der Waals surface area contributed by atoms with Gasteiger partial charge in [-0.05, 0) is 45.1 Å². The van der Waals surface area contributed by atoms with E-state index in [1.807, 2.05) is 11.8 Å². The fourth-order valence-corrected chi connectivity index (χ4v) is 3.71. The Labute approximate surface area is 179 Å². The van der Waals surface area contributed by atoms with E-state index in [2.05, 4.69) is 34.8 Å². The molecule has 2 amide bonds. The van der Waals surface area contributed by atoms with E-state index in [4.69, 9.17) is 4.42 Å². The molecule has 168 valence electrons. The van der Waals surface area contributed by atoms with E-state index < -0.39 is 0 Å². The van der Waals surface area contributed by atoms with E-state index in [9.17, 15) is 9.59 Å². The molecule has 0 spiro atoms. The second kappa shape index (κ2) is 12.2. The molecular formula is C22H37N5O3. The van der Waals surface area contributed by atoms with Gasteiger partial charge in [-0.1, -0.05) is 13.8 Å². The maximum atomic E-state index is 12.5. The molecule has 1 fully saturated rings. The van der Waals surface area contributed by atoms with Gasteiger partial charge >= 0.3 is 0 Å². The van der Waals surface area contributed by atoms with Crippen molar-refractivity contribution in [1.82, 2.24) is 20.9 Å². The minimum absolute atomic E-state index is 0.154. The van der Waals surface area contributed by atoms with Gasteiger partial charge in [0.1, 0.15) is 0 Å². The second-order valence-electron chi connectivity index (χ2n) is 7.80. The molecule has 30 heavy (non-hydrogen) atoms. The van der Waals surface area contributed by atoms with E-state index in [1.165, 1.54) is 6.26 Å². The third-order valence-electron chi connectivity index (χ3n) is 5.71. The summed E-state index contributed by atoms with van der Waals surface area (Å²) >= 11 is 0. The predicted molar refractivity (Wildman–Crippen MR) is 119 cm³/mol. The molecule has 1 aromatic heterocycles. The number of aryl methyl sites for hydroxylation is 1. The molecule has 0 bridgehead atoms. The first kappa shape index (κ1) is 23.8. The summed E-state index contributed by atoms with van der Waals surface area (Å²) < 4.78 is 5.19. The first-order valence-electron chi connectivity index (χ1n) is 11.1. The highest BCUT2D eigenvalue weighted by Crippen LogP contribution is 2.17. The van der Waals surface area contributed by atoms with Gasteiger partial charge in [-0.15, -0.1) is 0 Å². The van der Waals surface area contributed by atoms with Gasteiger partial charge < -0.3 is 25.3 Å². The molecule has 0 unspecified atom stereocenters. The van der Waals surface area contributed by atoms with Crippen molar-refractivity contribution in [2.24, 2.45) is 10.9 Å². The number of likely N-dealkylation sites (tertiary alicyclic amines) is 1. The van der Waals surface area contributed by atoms with Crippen LogP contribution >= 0.6 is 0 Å². The lowest BCUT2D eigenvalue weighted by molar-refractivity contribution is -0.136. The molecule has 8 heteroatoms. The standard InChI is InChI=1S/C22H37N5O3/c1-5-17(6-2)21(29)27-13-8-18(9-14-27)26-22(23-4)25-12-7-11-24-20(28)19-16(3)10-15-30-19/h10,15,17-18H,5-9,11-14H2,1-4H3,(H,24,28)(H2,23,25,26). The summed E-state index contributed by atoms with van der Waals surface area (Å²) in [4.78, 5) is 30.8. The molecule has 3 N–H and O–H groups in total. The van der Waals surface area contributed by atoms with Crippen molar-refractivity contribution in [3.05, 3.63) is 23.7 Å². The number of nitrogens with one attached hydrogen (secondary N) is 3. The largest absolute Gasteiger partial charge is 0.459 e. The maximum Gasteiger partial charge on any atom is 0.287 e. The molecule has 1 aromatic rings. The van der Waals surface area contributed by atoms with Crippen LogP contribution in [-0.2, 0) is 4.79 Å². The number of aliphatic imine (C=N–C) groups is 1. The number of piperidine rings is 1. The number of furan rings is 1. The highest BCUT2D eigenvalue weighted by Gasteiger charge is 2.26. The van der Waals surface area contributed by atoms with Gasteiger partial charge in [0.15, 0.2) is 11.7 Å². The monoisotopic (exact) mass is 419 g/mol. The number of guanidine groups is 1. The average molecular weight is 420 g/mol. The quantitative estimate of drug-likeness (QED) is 0.324. The molecular weight excluding hydrogens is 382 g/mol. The fraction of sp³-hybridized carbons (Fsp3) is 0.682. The molecule has 0 radical (unpaired) electrons. The Balaban J connectivity index is 1.64. The lowest BCUT2D eigenvalue weighted by Crippen LogP contribution is -2.50. The van der Waals surface area contributed by atoms with Gasteiger partial charge in [-0.3, -0.25) is 14.6 Å². The number of hydrogen-bond donors (Lipinski definition) is 3. The summed E-state index contributed by atoms with van der Waals surface area (Å²) in [5.74, 6) is 1.39. The molecule has 0 atom stereocenters. The van der Waals surface area contributed by atoms with E-state index in [-0.39, 0.29) is 11.8 Å². The zero-order valence-electron chi connectivity index (χ0n) is 18.8. The molecule has 0 aromatic carbocycles. The van der Waals surface area contributed by atoms with Crippen LogP contribution in [0.5, 0.6) is 0 Å². The van der Waals surface area contributed by atoms with Crippen molar-refractivity contribution in [2.75, 3.05) is 33.2 Å². The summed E-state index contributed by atoms with van der Waals surface area (Å²) in [7, 11) is 1.75. The Morgan fingerprint density at radius 1 is 1.20 bits per heavy atom. The second-order valence-corrected chi connectivity index (χ2v) is 7.80. The molecule has 0 aliphatic carbocycles. The van der Waals surface area contributed by atoms with Crippen LogP contribution in [0.25, 0.3) is 0 Å². The number of carbonyl (C=O) groups excluding carboxylic acids is 2. The predicted octanol–water partition coefficient (Wildman–Crippen LogP) is 2.30. The fourth-order valence-electron chi connectivity index (χ4n) is 3.71. The molecule has 1 aliphatic heterocycles. The number of rotatable bonds is 9. The van der Waals surface area contributed by atoms with E-state index in [0.717, 1.165) is 56.7 Å². The molecule has 2 heterocycles. The minimum atomic E-state index is -0.185. The molecule has 2 rings (SSSR count). The van der Waals surface area contributed by atoms with Crippen LogP contribution in [0.4, 0.5) is 0 Å². The van der Waals surface area contributed by atoms with Crippen molar-refractivity contribution < 1.29 is 14.0 Å². The van der Waals surface area contributed by atoms with E-state index >= 15 is 0 Å². The zero-order chi connectivity index (χ0) is 21.9. The van der Waals surface area contributed by atoms with Crippen LogP contribution in [0.15, 0.2) is 21.7 Å². The molecule has 0 saturated carbocycles. The topological polar surface area (TPSA) is 99.0 Å². The van der Waals surface area contributed by atoms with Crippen molar-refractivity contribution >= 4 is 17.8 Å². The number of amides is 2. The Bertz CT molecular complexity index is 703. The Morgan fingerprint density at radius 3 is 2.43 bits per heavy atom. The number of carbonyl (C=O) groups is 2. The Morgan fingerprint density at radius 2 is 1.87 bits per heavy atom. The van der Waals surface area contributed by atoms with E-state index in [1.54, 1.807) is 13.1 Å². The highest BCUT2D eigenvalue weighted by molar-refractivity contribution is 5.92. The first-order valence-corrected chi connectivity index (χ1v) is 11.1. The Kier molecular flexibility index (Phi) is 9.70. The van der Waals surface area contributed by atoms with E-state index in [0.29, 0.717) is 30.8 Å². The summed E-state index contributed by atoms with van der Waals surface area (Å²) in [5.41, 5.74) is 0.836. The third kappa shape index (κ3) is 6.78. The average Bonchev–Trinajstić information content (AvgIpc) is 3.19. The van der Waals surface area contributed by atoms with Crippen molar-refractivity contribution in [2.45, 2.75) is 58.9 Å². The molecule has 1 aliphatic rings. The number of nitrogens with zero attached hydrogens (tertiary/aromatic N) is 2. The summed E-state index contributed by atoms with van der Waals surface area (Å²) in [6, 6.07) is 2.09. The molecule has 8 nitrogen and oxygen atoms in total. The third-order valence-corrected chi connectivity index (χ3v) is 5.71. The van der Waals surface area contributed by atoms with Crippen molar-refractivity contribution in [3.8, 4) is 0 Å². The van der Waals surface area contributed by atoms with Crippen LogP contribution < -0.4 is 16.0 Å². The first-order chi connectivity index (χ1) is 14.5. The summed E-state index contributed by atoms with van der Waals surface area (Å²) in [6.45, 7) is 8.86. The summed E-state index contributed by atoms with van der Waals surface area (Å²) in [5, 5.41) is 9.60. The maximum absolute atomic E-state index is 12.5. The van der Waals surface area contributed by atoms with Crippen LogP contribution in [-0.4, -0.2) is 61.9 Å². The van der Waals surface area contributed by atoms with Crippen molar-refractivity contribution in [3.63, 3.8) is 0 Å². The smallest absolute Gasteiger partial charge is 0.287 e. The summed E-state index contributed by atoms with van der Waals surface area (Å²) in [6.07, 6.45) is 5.95. The highest BCUT2D eigenvalue weighted by atomic mass is 16.3. The van der Waals surface area contributed by atoms with Crippen LogP contribution in [0.3, 0.4) is 0 Å².